The molecule has 292 valence electrons. The Morgan fingerprint density at radius 2 is 0.710 bits per heavy atom. The van der Waals surface area contributed by atoms with Gasteiger partial charge in [0.1, 0.15) is 0 Å². The molecule has 0 aliphatic carbocycles. The largest absolute Gasteiger partial charge is 0.255 e. The summed E-state index contributed by atoms with van der Waals surface area (Å²) < 4.78 is 0. The number of hydrogen-bond donors (Lipinski definition) is 0. The van der Waals surface area contributed by atoms with Gasteiger partial charge in [-0.3, -0.25) is 9.97 Å². The van der Waals surface area contributed by atoms with Crippen LogP contribution in [-0.4, -0.2) is 29.9 Å². The van der Waals surface area contributed by atoms with E-state index in [1.807, 2.05) is 109 Å². The first-order chi connectivity index (χ1) is 30.7. The lowest BCUT2D eigenvalue weighted by atomic mass is 9.64. The van der Waals surface area contributed by atoms with E-state index in [-0.39, 0.29) is 0 Å². The highest BCUT2D eigenvalue weighted by Gasteiger charge is 2.44. The fourth-order valence-corrected chi connectivity index (χ4v) is 9.68. The van der Waals surface area contributed by atoms with E-state index in [0.717, 1.165) is 61.7 Å². The lowest BCUT2D eigenvalue weighted by Gasteiger charge is -2.42. The first-order valence-corrected chi connectivity index (χ1v) is 21.3. The second kappa shape index (κ2) is 16.0. The minimum atomic E-state index is -0.629. The molecule has 62 heavy (non-hydrogen) atoms. The zero-order chi connectivity index (χ0) is 41.3. The summed E-state index contributed by atoms with van der Waals surface area (Å²) in [5.74, 6) is 1.89. The van der Waals surface area contributed by atoms with Crippen molar-refractivity contribution in [1.29, 1.82) is 0 Å². The van der Waals surface area contributed by atoms with Crippen molar-refractivity contribution in [1.82, 2.24) is 29.9 Å². The average molecular weight is 813 g/mol. The summed E-state index contributed by atoms with van der Waals surface area (Å²) in [6, 6.07) is 71.7. The Hall–Kier alpha value is -7.87. The van der Waals surface area contributed by atoms with Crippen molar-refractivity contribution in [3.05, 3.63) is 241 Å². The molecule has 5 heterocycles. The first kappa shape index (κ1) is 37.2. The Morgan fingerprint density at radius 1 is 0.306 bits per heavy atom. The van der Waals surface area contributed by atoms with Crippen LogP contribution in [0.4, 0.5) is 0 Å². The van der Waals surface area contributed by atoms with Crippen molar-refractivity contribution < 1.29 is 0 Å². The highest BCUT2D eigenvalue weighted by molar-refractivity contribution is 7.99. The highest BCUT2D eigenvalue weighted by Crippen LogP contribution is 2.56. The van der Waals surface area contributed by atoms with Gasteiger partial charge in [0, 0.05) is 38.9 Å². The van der Waals surface area contributed by atoms with E-state index < -0.39 is 5.41 Å². The van der Waals surface area contributed by atoms with Crippen LogP contribution in [-0.2, 0) is 5.41 Å². The lowest BCUT2D eigenvalue weighted by molar-refractivity contribution is 0.703. The molecule has 0 fully saturated rings. The maximum atomic E-state index is 5.04. The van der Waals surface area contributed by atoms with Crippen LogP contribution >= 0.6 is 11.8 Å². The van der Waals surface area contributed by atoms with Crippen LogP contribution < -0.4 is 0 Å². The smallest absolute Gasteiger partial charge is 0.164 e. The molecule has 0 saturated heterocycles. The molecule has 6 nitrogen and oxygen atoms in total. The number of hydrogen-bond acceptors (Lipinski definition) is 7. The molecule has 1 aliphatic rings. The summed E-state index contributed by atoms with van der Waals surface area (Å²) >= 11 is 1.83. The van der Waals surface area contributed by atoms with Gasteiger partial charge in [-0.2, -0.15) is 0 Å². The molecule has 4 aromatic heterocycles. The minimum Gasteiger partial charge on any atom is -0.255 e. The van der Waals surface area contributed by atoms with Gasteiger partial charge < -0.3 is 0 Å². The molecule has 0 N–H and O–H groups in total. The summed E-state index contributed by atoms with van der Waals surface area (Å²) in [5, 5.41) is 0. The van der Waals surface area contributed by atoms with Gasteiger partial charge in [-0.1, -0.05) is 169 Å². The standard InChI is InChI=1S/C55H36N6S/c1-3-15-38(16-4-1)52-59-53(39-17-5-2-6-18-39)61-54(60-52)40-27-31-43(32-28-40)55(44-19-7-9-23-50(44)62-51-24-10-8-20-45(51)55)42-29-25-37(26-30-42)41-35-48(46-21-11-13-33-56-46)58-49(36-41)47-22-12-14-34-57-47/h1-36H. The summed E-state index contributed by atoms with van der Waals surface area (Å²) in [6.07, 6.45) is 3.61. The Balaban J connectivity index is 1.06. The topological polar surface area (TPSA) is 77.3 Å². The van der Waals surface area contributed by atoms with Gasteiger partial charge in [0.05, 0.1) is 28.2 Å². The molecule has 1 aliphatic heterocycles. The third-order valence-corrected chi connectivity index (χ3v) is 12.6. The molecule has 10 aromatic rings. The van der Waals surface area contributed by atoms with Crippen LogP contribution in [0.1, 0.15) is 22.3 Å². The molecule has 0 unspecified atom stereocenters. The molecule has 0 amide bonds. The number of aromatic nitrogens is 6. The molecule has 6 aromatic carbocycles. The van der Waals surface area contributed by atoms with Gasteiger partial charge in [0.2, 0.25) is 0 Å². The third-order valence-electron chi connectivity index (χ3n) is 11.4. The molecule has 7 heteroatoms. The first-order valence-electron chi connectivity index (χ1n) is 20.5. The van der Waals surface area contributed by atoms with Crippen molar-refractivity contribution in [3.63, 3.8) is 0 Å². The van der Waals surface area contributed by atoms with E-state index in [1.54, 1.807) is 12.4 Å². The number of fused-ring (bicyclic) bond motifs is 2. The van der Waals surface area contributed by atoms with Crippen LogP contribution in [0.25, 0.3) is 68.1 Å². The Morgan fingerprint density at radius 3 is 1.16 bits per heavy atom. The van der Waals surface area contributed by atoms with Crippen LogP contribution in [0, 0.1) is 0 Å². The SMILES string of the molecule is c1ccc(-c2nc(-c3ccccc3)nc(-c3ccc(C4(c5ccc(-c6cc(-c7ccccn7)nc(-c7ccccn7)c6)cc5)c5ccccc5Sc5ccccc54)cc3)n2)cc1. The molecular weight excluding hydrogens is 777 g/mol. The van der Waals surface area contributed by atoms with Gasteiger partial charge in [0.15, 0.2) is 17.5 Å². The van der Waals surface area contributed by atoms with E-state index in [2.05, 4.69) is 119 Å². The molecule has 0 bridgehead atoms. The van der Waals surface area contributed by atoms with E-state index in [9.17, 15) is 0 Å². The van der Waals surface area contributed by atoms with E-state index in [4.69, 9.17) is 19.9 Å². The zero-order valence-corrected chi connectivity index (χ0v) is 34.2. The molecule has 0 spiro atoms. The maximum Gasteiger partial charge on any atom is 0.164 e. The van der Waals surface area contributed by atoms with Crippen LogP contribution in [0.2, 0.25) is 0 Å². The Labute approximate surface area is 364 Å². The fourth-order valence-electron chi connectivity index (χ4n) is 8.49. The molecule has 0 atom stereocenters. The molecule has 11 rings (SSSR count). The fraction of sp³-hybridized carbons (Fsp3) is 0.0182. The molecule has 0 radical (unpaired) electrons. The van der Waals surface area contributed by atoms with E-state index in [0.29, 0.717) is 17.5 Å². The molecule has 0 saturated carbocycles. The average Bonchev–Trinajstić information content (AvgIpc) is 3.36. The third kappa shape index (κ3) is 6.75. The van der Waals surface area contributed by atoms with Gasteiger partial charge >= 0.3 is 0 Å². The van der Waals surface area contributed by atoms with Gasteiger partial charge in [-0.05, 0) is 81.9 Å². The summed E-state index contributed by atoms with van der Waals surface area (Å²) in [4.78, 5) is 31.8. The van der Waals surface area contributed by atoms with Gasteiger partial charge in [-0.15, -0.1) is 0 Å². The summed E-state index contributed by atoms with van der Waals surface area (Å²) in [7, 11) is 0. The summed E-state index contributed by atoms with van der Waals surface area (Å²) in [5.41, 5.74) is 12.2. The van der Waals surface area contributed by atoms with Crippen molar-refractivity contribution in [2.24, 2.45) is 0 Å². The maximum absolute atomic E-state index is 5.04. The minimum absolute atomic E-state index is 0.621. The zero-order valence-electron chi connectivity index (χ0n) is 33.4. The quantitative estimate of drug-likeness (QED) is 0.151. The van der Waals surface area contributed by atoms with Crippen LogP contribution in [0.3, 0.4) is 0 Å². The predicted molar refractivity (Wildman–Crippen MR) is 248 cm³/mol. The second-order valence-electron chi connectivity index (χ2n) is 15.1. The summed E-state index contributed by atoms with van der Waals surface area (Å²) in [6.45, 7) is 0. The Kier molecular flexibility index (Phi) is 9.56. The van der Waals surface area contributed by atoms with Gasteiger partial charge in [-0.25, -0.2) is 19.9 Å². The van der Waals surface area contributed by atoms with Crippen LogP contribution in [0.15, 0.2) is 228 Å². The Bertz CT molecular complexity index is 2850. The number of rotatable bonds is 8. The van der Waals surface area contributed by atoms with Crippen LogP contribution in [0.5, 0.6) is 0 Å². The predicted octanol–water partition coefficient (Wildman–Crippen LogP) is 12.9. The van der Waals surface area contributed by atoms with E-state index in [1.165, 1.54) is 20.9 Å². The van der Waals surface area contributed by atoms with Crippen molar-refractivity contribution in [3.8, 4) is 68.1 Å². The monoisotopic (exact) mass is 812 g/mol. The normalized spacial score (nSPS) is 12.6. The van der Waals surface area contributed by atoms with E-state index >= 15 is 0 Å². The van der Waals surface area contributed by atoms with Crippen molar-refractivity contribution in [2.45, 2.75) is 15.2 Å². The highest BCUT2D eigenvalue weighted by atomic mass is 32.2. The van der Waals surface area contributed by atoms with Crippen molar-refractivity contribution >= 4 is 11.8 Å². The molecular formula is C55H36N6S. The van der Waals surface area contributed by atoms with Crippen molar-refractivity contribution in [2.75, 3.05) is 0 Å². The second-order valence-corrected chi connectivity index (χ2v) is 16.2. The lowest BCUT2D eigenvalue weighted by Crippen LogP contribution is -2.34. The van der Waals surface area contributed by atoms with Gasteiger partial charge in [0.25, 0.3) is 0 Å². The number of benzene rings is 6. The number of nitrogens with zero attached hydrogens (tertiary/aromatic N) is 6. The number of pyridine rings is 3.